The van der Waals surface area contributed by atoms with Crippen molar-refractivity contribution in [1.82, 2.24) is 14.8 Å². The zero-order chi connectivity index (χ0) is 19.7. The summed E-state index contributed by atoms with van der Waals surface area (Å²) in [5.41, 5.74) is -0.715. The molecule has 3 fully saturated rings. The molecule has 3 saturated heterocycles. The highest BCUT2D eigenvalue weighted by Gasteiger charge is 2.36. The van der Waals surface area contributed by atoms with Gasteiger partial charge in [-0.2, -0.15) is 13.2 Å². The number of likely N-dealkylation sites (tertiary alicyclic amines) is 1. The molecule has 6 nitrogen and oxygen atoms in total. The lowest BCUT2D eigenvalue weighted by Crippen LogP contribution is -2.54. The fourth-order valence-electron chi connectivity index (χ4n) is 4.44. The molecule has 0 radical (unpaired) electrons. The first-order valence-electron chi connectivity index (χ1n) is 9.85. The van der Waals surface area contributed by atoms with Crippen LogP contribution in [0.25, 0.3) is 0 Å². The summed E-state index contributed by atoms with van der Waals surface area (Å²) in [4.78, 5) is 22.5. The molecular weight excluding hydrogens is 373 g/mol. The van der Waals surface area contributed by atoms with Crippen LogP contribution >= 0.6 is 0 Å². The van der Waals surface area contributed by atoms with Gasteiger partial charge >= 0.3 is 12.1 Å². The second kappa shape index (κ2) is 7.87. The Hall–Kier alpha value is -1.87. The molecule has 9 heteroatoms. The highest BCUT2D eigenvalue weighted by molar-refractivity contribution is 5.77. The van der Waals surface area contributed by atoms with E-state index >= 15 is 0 Å². The number of carbonyl (C=O) groups excluding carboxylic acids is 1. The number of cyclic esters (lactones) is 1. The predicted molar refractivity (Wildman–Crippen MR) is 97.0 cm³/mol. The van der Waals surface area contributed by atoms with Crippen LogP contribution in [-0.2, 0) is 15.7 Å². The SMILES string of the molecule is O=C1OCC[C@@H]1N1CCC(N2CCN(c3ccc(C(F)(F)F)cn3)CC2)CC1. The molecule has 0 aliphatic carbocycles. The van der Waals surface area contributed by atoms with Crippen LogP contribution in [0.2, 0.25) is 0 Å². The van der Waals surface area contributed by atoms with Gasteiger partial charge in [-0.15, -0.1) is 0 Å². The zero-order valence-electron chi connectivity index (χ0n) is 15.7. The summed E-state index contributed by atoms with van der Waals surface area (Å²) in [5, 5.41) is 0. The van der Waals surface area contributed by atoms with Crippen molar-refractivity contribution in [2.45, 2.75) is 37.5 Å². The van der Waals surface area contributed by atoms with Gasteiger partial charge in [-0.1, -0.05) is 0 Å². The van der Waals surface area contributed by atoms with Crippen LogP contribution in [0.4, 0.5) is 19.0 Å². The summed E-state index contributed by atoms with van der Waals surface area (Å²) in [6.07, 6.45) is -0.591. The topological polar surface area (TPSA) is 48.9 Å². The molecule has 0 spiro atoms. The molecular formula is C19H25F3N4O2. The Morgan fingerprint density at radius 1 is 0.964 bits per heavy atom. The third-order valence-corrected chi connectivity index (χ3v) is 6.08. The first-order chi connectivity index (χ1) is 13.4. The average Bonchev–Trinajstić information content (AvgIpc) is 3.14. The van der Waals surface area contributed by atoms with E-state index in [4.69, 9.17) is 4.74 Å². The van der Waals surface area contributed by atoms with Gasteiger partial charge in [0, 0.05) is 57.9 Å². The molecule has 1 aromatic heterocycles. The van der Waals surface area contributed by atoms with Gasteiger partial charge in [-0.05, 0) is 25.0 Å². The van der Waals surface area contributed by atoms with E-state index in [0.29, 0.717) is 18.5 Å². The lowest BCUT2D eigenvalue weighted by atomic mass is 10.00. The van der Waals surface area contributed by atoms with E-state index in [1.54, 1.807) is 0 Å². The number of carbonyl (C=O) groups is 1. The molecule has 4 rings (SSSR count). The smallest absolute Gasteiger partial charge is 0.417 e. The van der Waals surface area contributed by atoms with E-state index in [1.165, 1.54) is 6.07 Å². The minimum absolute atomic E-state index is 0.0662. The highest BCUT2D eigenvalue weighted by atomic mass is 19.4. The van der Waals surface area contributed by atoms with Crippen molar-refractivity contribution in [3.8, 4) is 0 Å². The Kier molecular flexibility index (Phi) is 5.46. The van der Waals surface area contributed by atoms with Crippen LogP contribution in [0.5, 0.6) is 0 Å². The lowest BCUT2D eigenvalue weighted by Gasteiger charge is -2.43. The molecule has 0 saturated carbocycles. The Balaban J connectivity index is 1.26. The molecule has 1 aromatic rings. The Morgan fingerprint density at radius 3 is 2.21 bits per heavy atom. The molecule has 0 N–H and O–H groups in total. The first kappa shape index (κ1) is 19.4. The van der Waals surface area contributed by atoms with Crippen molar-refractivity contribution in [3.63, 3.8) is 0 Å². The second-order valence-electron chi connectivity index (χ2n) is 7.66. The van der Waals surface area contributed by atoms with Crippen molar-refractivity contribution < 1.29 is 22.7 Å². The summed E-state index contributed by atoms with van der Waals surface area (Å²) in [6.45, 7) is 5.61. The highest BCUT2D eigenvalue weighted by Crippen LogP contribution is 2.30. The number of rotatable bonds is 3. The van der Waals surface area contributed by atoms with Gasteiger partial charge in [0.05, 0.1) is 12.2 Å². The second-order valence-corrected chi connectivity index (χ2v) is 7.66. The number of anilines is 1. The quantitative estimate of drug-likeness (QED) is 0.726. The first-order valence-corrected chi connectivity index (χ1v) is 9.85. The Bertz CT molecular complexity index is 681. The predicted octanol–water partition coefficient (Wildman–Crippen LogP) is 2.00. The number of hydrogen-bond acceptors (Lipinski definition) is 6. The third kappa shape index (κ3) is 4.10. The van der Waals surface area contributed by atoms with Crippen molar-refractivity contribution in [2.75, 3.05) is 50.8 Å². The Labute approximate surface area is 162 Å². The summed E-state index contributed by atoms with van der Waals surface area (Å²) >= 11 is 0. The number of nitrogens with zero attached hydrogens (tertiary/aromatic N) is 4. The average molecular weight is 398 g/mol. The van der Waals surface area contributed by atoms with E-state index in [-0.39, 0.29) is 12.0 Å². The van der Waals surface area contributed by atoms with E-state index < -0.39 is 11.7 Å². The number of piperazine rings is 1. The van der Waals surface area contributed by atoms with Crippen LogP contribution in [0, 0.1) is 0 Å². The van der Waals surface area contributed by atoms with Gasteiger partial charge in [0.15, 0.2) is 0 Å². The number of pyridine rings is 1. The largest absolute Gasteiger partial charge is 0.464 e. The summed E-state index contributed by atoms with van der Waals surface area (Å²) in [5.74, 6) is 0.512. The van der Waals surface area contributed by atoms with E-state index in [0.717, 1.165) is 70.8 Å². The molecule has 0 amide bonds. The molecule has 0 unspecified atom stereocenters. The van der Waals surface area contributed by atoms with E-state index in [1.807, 2.05) is 4.90 Å². The van der Waals surface area contributed by atoms with Crippen LogP contribution < -0.4 is 4.90 Å². The summed E-state index contributed by atoms with van der Waals surface area (Å²) in [7, 11) is 0. The van der Waals surface area contributed by atoms with Gasteiger partial charge in [-0.3, -0.25) is 14.6 Å². The van der Waals surface area contributed by atoms with Gasteiger partial charge in [-0.25, -0.2) is 4.98 Å². The Morgan fingerprint density at radius 2 is 1.68 bits per heavy atom. The molecule has 3 aliphatic rings. The maximum absolute atomic E-state index is 12.7. The fraction of sp³-hybridized carbons (Fsp3) is 0.684. The molecule has 3 aliphatic heterocycles. The molecule has 28 heavy (non-hydrogen) atoms. The van der Waals surface area contributed by atoms with Crippen molar-refractivity contribution in [3.05, 3.63) is 23.9 Å². The van der Waals surface area contributed by atoms with E-state index in [2.05, 4.69) is 14.8 Å². The fourth-order valence-corrected chi connectivity index (χ4v) is 4.44. The van der Waals surface area contributed by atoms with Crippen molar-refractivity contribution in [1.29, 1.82) is 0 Å². The maximum atomic E-state index is 12.7. The number of alkyl halides is 3. The third-order valence-electron chi connectivity index (χ3n) is 6.08. The summed E-state index contributed by atoms with van der Waals surface area (Å²) in [6, 6.07) is 2.98. The number of esters is 1. The molecule has 154 valence electrons. The number of aromatic nitrogens is 1. The van der Waals surface area contributed by atoms with Gasteiger partial charge in [0.2, 0.25) is 0 Å². The minimum atomic E-state index is -4.35. The maximum Gasteiger partial charge on any atom is 0.417 e. The number of ether oxygens (including phenoxy) is 1. The summed E-state index contributed by atoms with van der Waals surface area (Å²) < 4.78 is 43.1. The van der Waals surface area contributed by atoms with Gasteiger partial charge in [0.1, 0.15) is 11.9 Å². The monoisotopic (exact) mass is 398 g/mol. The van der Waals surface area contributed by atoms with Crippen LogP contribution in [-0.4, -0.2) is 78.7 Å². The van der Waals surface area contributed by atoms with Crippen LogP contribution in [0.3, 0.4) is 0 Å². The molecule has 4 heterocycles. The standard InChI is InChI=1S/C19H25F3N4O2/c20-19(21,22)14-1-2-17(23-13-14)26-10-8-24(9-11-26)15-3-6-25(7-4-15)16-5-12-28-18(16)27/h1-2,13,15-16H,3-12H2/t16-/m0/s1. The number of hydrogen-bond donors (Lipinski definition) is 0. The van der Waals surface area contributed by atoms with Crippen molar-refractivity contribution in [2.24, 2.45) is 0 Å². The van der Waals surface area contributed by atoms with E-state index in [9.17, 15) is 18.0 Å². The van der Waals surface area contributed by atoms with Crippen LogP contribution in [0.1, 0.15) is 24.8 Å². The minimum Gasteiger partial charge on any atom is -0.464 e. The number of halogens is 3. The normalized spacial score (nSPS) is 25.9. The van der Waals surface area contributed by atoms with Crippen molar-refractivity contribution >= 4 is 11.8 Å². The zero-order valence-corrected chi connectivity index (χ0v) is 15.7. The molecule has 1 atom stereocenters. The lowest BCUT2D eigenvalue weighted by molar-refractivity contribution is -0.143. The molecule has 0 aromatic carbocycles. The van der Waals surface area contributed by atoms with Gasteiger partial charge < -0.3 is 9.64 Å². The van der Waals surface area contributed by atoms with Gasteiger partial charge in [0.25, 0.3) is 0 Å². The van der Waals surface area contributed by atoms with Crippen LogP contribution in [0.15, 0.2) is 18.3 Å². The number of piperidine rings is 1. The molecule has 0 bridgehead atoms.